The molecule has 1 saturated carbocycles. The van der Waals surface area contributed by atoms with Gasteiger partial charge in [0.05, 0.1) is 25.8 Å². The van der Waals surface area contributed by atoms with E-state index in [-0.39, 0.29) is 0 Å². The quantitative estimate of drug-likeness (QED) is 0.704. The normalized spacial score (nSPS) is 15.7. The lowest BCUT2D eigenvalue weighted by atomic mass is 10.2. The number of rotatable bonds is 9. The van der Waals surface area contributed by atoms with Crippen LogP contribution in [0, 0.1) is 5.92 Å². The van der Waals surface area contributed by atoms with Crippen LogP contribution in [0.2, 0.25) is 0 Å². The first-order chi connectivity index (χ1) is 11.7. The van der Waals surface area contributed by atoms with E-state index >= 15 is 0 Å². The smallest absolute Gasteiger partial charge is 0.241 e. The van der Waals surface area contributed by atoms with Gasteiger partial charge in [-0.1, -0.05) is 17.3 Å². The number of hydrogen-bond acceptors (Lipinski definition) is 6. The second-order valence-corrected chi connectivity index (χ2v) is 6.25. The molecular weight excluding hydrogens is 306 g/mol. The molecule has 1 heterocycles. The summed E-state index contributed by atoms with van der Waals surface area (Å²) in [6.07, 6.45) is 2.61. The summed E-state index contributed by atoms with van der Waals surface area (Å²) in [6, 6.07) is 8.19. The third-order valence-electron chi connectivity index (χ3n) is 4.62. The number of methoxy groups -OCH3 is 2. The molecule has 0 aliphatic heterocycles. The van der Waals surface area contributed by atoms with E-state index in [9.17, 15) is 0 Å². The molecule has 0 saturated heterocycles. The van der Waals surface area contributed by atoms with E-state index in [4.69, 9.17) is 14.0 Å². The molecule has 1 fully saturated rings. The van der Waals surface area contributed by atoms with E-state index in [1.807, 2.05) is 24.3 Å². The molecule has 6 nitrogen and oxygen atoms in total. The predicted octanol–water partition coefficient (Wildman–Crippen LogP) is 2.99. The van der Waals surface area contributed by atoms with Gasteiger partial charge in [-0.25, -0.2) is 0 Å². The van der Waals surface area contributed by atoms with Gasteiger partial charge in [0.1, 0.15) is 5.75 Å². The van der Waals surface area contributed by atoms with Gasteiger partial charge in [-0.3, -0.25) is 4.90 Å². The van der Waals surface area contributed by atoms with E-state index in [0.717, 1.165) is 23.8 Å². The molecule has 0 N–H and O–H groups in total. The number of nitrogens with zero attached hydrogens (tertiary/aromatic N) is 3. The molecule has 1 atom stereocenters. The zero-order valence-electron chi connectivity index (χ0n) is 14.6. The van der Waals surface area contributed by atoms with Crippen LogP contribution in [0.1, 0.15) is 25.7 Å². The Labute approximate surface area is 142 Å². The molecule has 0 spiro atoms. The highest BCUT2D eigenvalue weighted by molar-refractivity contribution is 5.63. The highest BCUT2D eigenvalue weighted by atomic mass is 16.5. The zero-order valence-corrected chi connectivity index (χ0v) is 14.6. The highest BCUT2D eigenvalue weighted by Crippen LogP contribution is 2.35. The van der Waals surface area contributed by atoms with Gasteiger partial charge in [-0.15, -0.1) is 0 Å². The van der Waals surface area contributed by atoms with E-state index in [2.05, 4.69) is 22.0 Å². The van der Waals surface area contributed by atoms with E-state index in [1.165, 1.54) is 12.8 Å². The summed E-state index contributed by atoms with van der Waals surface area (Å²) in [4.78, 5) is 6.92. The largest absolute Gasteiger partial charge is 0.496 e. The number of ether oxygens (including phenoxy) is 2. The van der Waals surface area contributed by atoms with Gasteiger partial charge in [-0.2, -0.15) is 4.98 Å². The highest BCUT2D eigenvalue weighted by Gasteiger charge is 2.32. The molecule has 6 heteroatoms. The summed E-state index contributed by atoms with van der Waals surface area (Å²) in [6.45, 7) is 4.47. The summed E-state index contributed by atoms with van der Waals surface area (Å²) in [7, 11) is 3.37. The molecule has 0 radical (unpaired) electrons. The van der Waals surface area contributed by atoms with Crippen molar-refractivity contribution in [3.63, 3.8) is 0 Å². The minimum Gasteiger partial charge on any atom is -0.496 e. The molecule has 2 aromatic rings. The Morgan fingerprint density at radius 2 is 2.08 bits per heavy atom. The van der Waals surface area contributed by atoms with Crippen LogP contribution in [-0.2, 0) is 11.3 Å². The van der Waals surface area contributed by atoms with Crippen molar-refractivity contribution in [2.45, 2.75) is 32.4 Å². The van der Waals surface area contributed by atoms with Crippen molar-refractivity contribution >= 4 is 0 Å². The van der Waals surface area contributed by atoms with Crippen molar-refractivity contribution in [2.24, 2.45) is 5.92 Å². The Balaban J connectivity index is 1.73. The molecule has 0 amide bonds. The van der Waals surface area contributed by atoms with Crippen molar-refractivity contribution in [1.29, 1.82) is 0 Å². The summed E-state index contributed by atoms with van der Waals surface area (Å²) >= 11 is 0. The Morgan fingerprint density at radius 1 is 1.29 bits per heavy atom. The number of hydrogen-bond donors (Lipinski definition) is 0. The molecular formula is C18H25N3O3. The van der Waals surface area contributed by atoms with Gasteiger partial charge >= 0.3 is 0 Å². The average molecular weight is 331 g/mol. The first-order valence-electron chi connectivity index (χ1n) is 8.42. The lowest BCUT2D eigenvalue weighted by Crippen LogP contribution is -2.36. The Kier molecular flexibility index (Phi) is 5.48. The van der Waals surface area contributed by atoms with Crippen molar-refractivity contribution < 1.29 is 14.0 Å². The third-order valence-corrected chi connectivity index (χ3v) is 4.62. The maximum atomic E-state index is 5.48. The average Bonchev–Trinajstić information content (AvgIpc) is 3.37. The van der Waals surface area contributed by atoms with Crippen molar-refractivity contribution in [2.75, 3.05) is 27.4 Å². The van der Waals surface area contributed by atoms with Gasteiger partial charge < -0.3 is 14.0 Å². The summed E-state index contributed by atoms with van der Waals surface area (Å²) < 4.78 is 16.1. The molecule has 1 aromatic heterocycles. The SMILES string of the molecule is COCCN(Cc1nc(-c2ccccc2OC)no1)C(C)C1CC1. The molecule has 130 valence electrons. The fourth-order valence-corrected chi connectivity index (χ4v) is 2.94. The van der Waals surface area contributed by atoms with E-state index in [1.54, 1.807) is 14.2 Å². The topological polar surface area (TPSA) is 60.6 Å². The minimum absolute atomic E-state index is 0.502. The monoisotopic (exact) mass is 331 g/mol. The van der Waals surface area contributed by atoms with Crippen LogP contribution in [0.15, 0.2) is 28.8 Å². The van der Waals surface area contributed by atoms with Crippen molar-refractivity contribution in [3.05, 3.63) is 30.2 Å². The van der Waals surface area contributed by atoms with Crippen LogP contribution >= 0.6 is 0 Å². The molecule has 1 aliphatic carbocycles. The minimum atomic E-state index is 0.502. The van der Waals surface area contributed by atoms with Gasteiger partial charge in [0.2, 0.25) is 11.7 Å². The summed E-state index contributed by atoms with van der Waals surface area (Å²) in [5.74, 6) is 2.71. The van der Waals surface area contributed by atoms with Crippen LogP contribution in [0.5, 0.6) is 5.75 Å². The van der Waals surface area contributed by atoms with Gasteiger partial charge in [-0.05, 0) is 37.8 Å². The number of para-hydroxylation sites is 1. The van der Waals surface area contributed by atoms with Crippen LogP contribution in [0.25, 0.3) is 11.4 Å². The van der Waals surface area contributed by atoms with Crippen molar-refractivity contribution in [1.82, 2.24) is 15.0 Å². The second kappa shape index (κ2) is 7.77. The fourth-order valence-electron chi connectivity index (χ4n) is 2.94. The Bertz CT molecular complexity index is 654. The van der Waals surface area contributed by atoms with Gasteiger partial charge in [0, 0.05) is 19.7 Å². The first kappa shape index (κ1) is 16.9. The zero-order chi connectivity index (χ0) is 16.9. The Hall–Kier alpha value is -1.92. The summed E-state index contributed by atoms with van der Waals surface area (Å²) in [5, 5.41) is 4.12. The lowest BCUT2D eigenvalue weighted by molar-refractivity contribution is 0.102. The molecule has 0 bridgehead atoms. The summed E-state index contributed by atoms with van der Waals surface area (Å²) in [5.41, 5.74) is 0.841. The molecule has 1 aromatic carbocycles. The molecule has 1 aliphatic rings. The van der Waals surface area contributed by atoms with Gasteiger partial charge in [0.15, 0.2) is 0 Å². The van der Waals surface area contributed by atoms with Crippen LogP contribution in [0.3, 0.4) is 0 Å². The second-order valence-electron chi connectivity index (χ2n) is 6.25. The number of aromatic nitrogens is 2. The predicted molar refractivity (Wildman–Crippen MR) is 90.8 cm³/mol. The van der Waals surface area contributed by atoms with Gasteiger partial charge in [0.25, 0.3) is 0 Å². The third kappa shape index (κ3) is 3.94. The molecule has 24 heavy (non-hydrogen) atoms. The van der Waals surface area contributed by atoms with E-state index in [0.29, 0.717) is 30.9 Å². The maximum absolute atomic E-state index is 5.48. The van der Waals surface area contributed by atoms with E-state index < -0.39 is 0 Å². The van der Waals surface area contributed by atoms with Crippen LogP contribution in [-0.4, -0.2) is 48.5 Å². The molecule has 1 unspecified atom stereocenters. The maximum Gasteiger partial charge on any atom is 0.241 e. The fraction of sp³-hybridized carbons (Fsp3) is 0.556. The number of benzene rings is 1. The lowest BCUT2D eigenvalue weighted by Gasteiger charge is -2.27. The van der Waals surface area contributed by atoms with Crippen LogP contribution in [0.4, 0.5) is 0 Å². The molecule has 3 rings (SSSR count). The van der Waals surface area contributed by atoms with Crippen molar-refractivity contribution in [3.8, 4) is 17.1 Å². The van der Waals surface area contributed by atoms with Crippen LogP contribution < -0.4 is 4.74 Å². The Morgan fingerprint density at radius 3 is 2.79 bits per heavy atom. The first-order valence-corrected chi connectivity index (χ1v) is 8.42. The standard InChI is InChI=1S/C18H25N3O3/c1-13(14-8-9-14)21(10-11-22-2)12-17-19-18(20-24-17)15-6-4-5-7-16(15)23-3/h4-7,13-14H,8-12H2,1-3H3.